The number of methoxy groups -OCH3 is 1. The molecule has 0 saturated heterocycles. The predicted molar refractivity (Wildman–Crippen MR) is 103 cm³/mol. The number of aromatic nitrogens is 2. The standard InChI is InChI=1S/C22H19FN2O2/c1-26-20-12-6-7-13-21(20)27-15-22-24-18-10-4-5-11-19(18)25(22)14-16-8-2-3-9-17(16)23/h2-13H,14-15H2,1H3. The summed E-state index contributed by atoms with van der Waals surface area (Å²) < 4.78 is 27.5. The van der Waals surface area contributed by atoms with E-state index in [1.54, 1.807) is 19.2 Å². The fourth-order valence-corrected chi connectivity index (χ4v) is 3.09. The zero-order valence-electron chi connectivity index (χ0n) is 14.9. The Morgan fingerprint density at radius 1 is 0.889 bits per heavy atom. The molecule has 1 heterocycles. The first-order chi connectivity index (χ1) is 13.3. The average molecular weight is 362 g/mol. The molecule has 0 N–H and O–H groups in total. The van der Waals surface area contributed by atoms with Gasteiger partial charge in [-0.1, -0.05) is 42.5 Å². The topological polar surface area (TPSA) is 36.3 Å². The van der Waals surface area contributed by atoms with Crippen molar-refractivity contribution in [3.05, 3.63) is 90.0 Å². The number of rotatable bonds is 6. The molecule has 4 aromatic rings. The molecule has 0 bridgehead atoms. The Balaban J connectivity index is 1.69. The number of nitrogens with zero attached hydrogens (tertiary/aromatic N) is 2. The van der Waals surface area contributed by atoms with E-state index in [9.17, 15) is 4.39 Å². The first kappa shape index (κ1) is 17.1. The number of halogens is 1. The number of hydrogen-bond acceptors (Lipinski definition) is 3. The van der Waals surface area contributed by atoms with E-state index < -0.39 is 0 Å². The molecule has 136 valence electrons. The highest BCUT2D eigenvalue weighted by Crippen LogP contribution is 2.27. The zero-order chi connectivity index (χ0) is 18.6. The van der Waals surface area contributed by atoms with Crippen LogP contribution in [0.15, 0.2) is 72.8 Å². The minimum Gasteiger partial charge on any atom is -0.493 e. The highest BCUT2D eigenvalue weighted by molar-refractivity contribution is 5.76. The molecule has 0 fully saturated rings. The number of ether oxygens (including phenoxy) is 2. The molecule has 5 heteroatoms. The van der Waals surface area contributed by atoms with Crippen molar-refractivity contribution in [1.29, 1.82) is 0 Å². The van der Waals surface area contributed by atoms with Gasteiger partial charge in [-0.3, -0.25) is 0 Å². The van der Waals surface area contributed by atoms with Gasteiger partial charge in [0, 0.05) is 5.56 Å². The molecular formula is C22H19FN2O2. The van der Waals surface area contributed by atoms with E-state index in [1.165, 1.54) is 6.07 Å². The Hall–Kier alpha value is -3.34. The van der Waals surface area contributed by atoms with Gasteiger partial charge in [-0.2, -0.15) is 0 Å². The first-order valence-electron chi connectivity index (χ1n) is 8.69. The lowest BCUT2D eigenvalue weighted by atomic mass is 10.2. The van der Waals surface area contributed by atoms with E-state index in [-0.39, 0.29) is 12.4 Å². The third-order valence-corrected chi connectivity index (χ3v) is 4.45. The van der Waals surface area contributed by atoms with Gasteiger partial charge in [0.2, 0.25) is 0 Å². The van der Waals surface area contributed by atoms with Crippen molar-refractivity contribution in [1.82, 2.24) is 9.55 Å². The highest BCUT2D eigenvalue weighted by Gasteiger charge is 2.14. The molecule has 0 atom stereocenters. The third kappa shape index (κ3) is 3.49. The Kier molecular flexibility index (Phi) is 4.75. The second kappa shape index (κ2) is 7.50. The van der Waals surface area contributed by atoms with E-state index in [0.29, 0.717) is 23.6 Å². The van der Waals surface area contributed by atoms with Crippen LogP contribution in [0.4, 0.5) is 4.39 Å². The molecule has 0 radical (unpaired) electrons. The van der Waals surface area contributed by atoms with E-state index >= 15 is 0 Å². The van der Waals surface area contributed by atoms with Gasteiger partial charge in [-0.05, 0) is 30.3 Å². The molecule has 0 saturated carbocycles. The fourth-order valence-electron chi connectivity index (χ4n) is 3.09. The first-order valence-corrected chi connectivity index (χ1v) is 8.69. The molecule has 4 nitrogen and oxygen atoms in total. The minimum atomic E-state index is -0.230. The number of hydrogen-bond donors (Lipinski definition) is 0. The van der Waals surface area contributed by atoms with Gasteiger partial charge in [-0.15, -0.1) is 0 Å². The van der Waals surface area contributed by atoms with Crippen LogP contribution in [0.3, 0.4) is 0 Å². The fraction of sp³-hybridized carbons (Fsp3) is 0.136. The monoisotopic (exact) mass is 362 g/mol. The normalized spacial score (nSPS) is 10.9. The van der Waals surface area contributed by atoms with E-state index in [4.69, 9.17) is 9.47 Å². The minimum absolute atomic E-state index is 0.230. The van der Waals surface area contributed by atoms with Crippen molar-refractivity contribution in [3.63, 3.8) is 0 Å². The van der Waals surface area contributed by atoms with Crippen molar-refractivity contribution in [2.24, 2.45) is 0 Å². The van der Waals surface area contributed by atoms with Crippen LogP contribution in [0, 0.1) is 5.82 Å². The van der Waals surface area contributed by atoms with Crippen molar-refractivity contribution in [2.45, 2.75) is 13.2 Å². The van der Waals surface area contributed by atoms with Crippen LogP contribution in [0.25, 0.3) is 11.0 Å². The molecule has 0 amide bonds. The molecule has 27 heavy (non-hydrogen) atoms. The van der Waals surface area contributed by atoms with Crippen LogP contribution in [0.2, 0.25) is 0 Å². The van der Waals surface area contributed by atoms with Crippen LogP contribution >= 0.6 is 0 Å². The second-order valence-corrected chi connectivity index (χ2v) is 6.13. The maximum Gasteiger partial charge on any atom is 0.161 e. The van der Waals surface area contributed by atoms with Crippen LogP contribution in [-0.4, -0.2) is 16.7 Å². The van der Waals surface area contributed by atoms with Gasteiger partial charge >= 0.3 is 0 Å². The Labute approximate surface area is 156 Å². The quantitative estimate of drug-likeness (QED) is 0.494. The SMILES string of the molecule is COc1ccccc1OCc1nc2ccccc2n1Cc1ccccc1F. The number of fused-ring (bicyclic) bond motifs is 1. The van der Waals surface area contributed by atoms with Gasteiger partial charge in [0.1, 0.15) is 18.2 Å². The zero-order valence-corrected chi connectivity index (χ0v) is 14.9. The lowest BCUT2D eigenvalue weighted by Gasteiger charge is -2.13. The van der Waals surface area contributed by atoms with Crippen LogP contribution in [-0.2, 0) is 13.2 Å². The highest BCUT2D eigenvalue weighted by atomic mass is 19.1. The predicted octanol–water partition coefficient (Wildman–Crippen LogP) is 4.81. The molecular weight excluding hydrogens is 343 g/mol. The molecule has 3 aromatic carbocycles. The average Bonchev–Trinajstić information content (AvgIpc) is 3.06. The summed E-state index contributed by atoms with van der Waals surface area (Å²) in [4.78, 5) is 4.68. The van der Waals surface area contributed by atoms with Crippen molar-refractivity contribution >= 4 is 11.0 Å². The Morgan fingerprint density at radius 3 is 2.41 bits per heavy atom. The molecule has 0 unspecified atom stereocenters. The Morgan fingerprint density at radius 2 is 1.59 bits per heavy atom. The third-order valence-electron chi connectivity index (χ3n) is 4.45. The van der Waals surface area contributed by atoms with Crippen LogP contribution < -0.4 is 9.47 Å². The summed E-state index contributed by atoms with van der Waals surface area (Å²) >= 11 is 0. The van der Waals surface area contributed by atoms with Gasteiger partial charge in [0.15, 0.2) is 11.5 Å². The molecule has 0 aliphatic carbocycles. The van der Waals surface area contributed by atoms with Crippen molar-refractivity contribution in [2.75, 3.05) is 7.11 Å². The van der Waals surface area contributed by atoms with Crippen molar-refractivity contribution < 1.29 is 13.9 Å². The molecule has 0 aliphatic heterocycles. The largest absolute Gasteiger partial charge is 0.493 e. The number of benzene rings is 3. The van der Waals surface area contributed by atoms with Crippen LogP contribution in [0.5, 0.6) is 11.5 Å². The maximum atomic E-state index is 14.2. The lowest BCUT2D eigenvalue weighted by Crippen LogP contribution is -2.09. The molecule has 0 spiro atoms. The van der Waals surface area contributed by atoms with E-state index in [0.717, 1.165) is 16.9 Å². The summed E-state index contributed by atoms with van der Waals surface area (Å²) in [5.41, 5.74) is 2.41. The van der Waals surface area contributed by atoms with Gasteiger partial charge < -0.3 is 14.0 Å². The van der Waals surface area contributed by atoms with Gasteiger partial charge in [0.05, 0.1) is 24.7 Å². The number of imidazole rings is 1. The summed E-state index contributed by atoms with van der Waals surface area (Å²) in [5, 5.41) is 0. The number of para-hydroxylation sites is 4. The lowest BCUT2D eigenvalue weighted by molar-refractivity contribution is 0.272. The molecule has 4 rings (SSSR count). The smallest absolute Gasteiger partial charge is 0.161 e. The summed E-state index contributed by atoms with van der Waals surface area (Å²) in [6, 6.07) is 22.1. The summed E-state index contributed by atoms with van der Waals surface area (Å²) in [7, 11) is 1.61. The summed E-state index contributed by atoms with van der Waals surface area (Å²) in [6.45, 7) is 0.640. The van der Waals surface area contributed by atoms with Crippen molar-refractivity contribution in [3.8, 4) is 11.5 Å². The second-order valence-electron chi connectivity index (χ2n) is 6.13. The Bertz CT molecular complexity index is 1070. The summed E-state index contributed by atoms with van der Waals surface area (Å²) in [5.74, 6) is 1.80. The van der Waals surface area contributed by atoms with Gasteiger partial charge in [-0.25, -0.2) is 9.37 Å². The maximum absolute atomic E-state index is 14.2. The van der Waals surface area contributed by atoms with E-state index in [2.05, 4.69) is 4.98 Å². The summed E-state index contributed by atoms with van der Waals surface area (Å²) in [6.07, 6.45) is 0. The molecule has 1 aromatic heterocycles. The van der Waals surface area contributed by atoms with E-state index in [1.807, 2.05) is 59.2 Å². The van der Waals surface area contributed by atoms with Crippen LogP contribution in [0.1, 0.15) is 11.4 Å². The molecule has 0 aliphatic rings. The van der Waals surface area contributed by atoms with Gasteiger partial charge in [0.25, 0.3) is 0 Å².